The molecule has 0 atom stereocenters. The van der Waals surface area contributed by atoms with E-state index in [1.165, 1.54) is 28.7 Å². The van der Waals surface area contributed by atoms with Crippen molar-refractivity contribution in [1.29, 1.82) is 0 Å². The topological polar surface area (TPSA) is 3.24 Å². The predicted molar refractivity (Wildman–Crippen MR) is 153 cm³/mol. The molecule has 0 bridgehead atoms. The molecule has 0 N–H and O–H groups in total. The van der Waals surface area contributed by atoms with Crippen LogP contribution in [0.15, 0.2) is 99.9 Å². The Morgan fingerprint density at radius 2 is 0.941 bits per heavy atom. The first-order valence-electron chi connectivity index (χ1n) is 11.7. The molecular formula is C31H29Br2N. The molecule has 0 spiro atoms. The second kappa shape index (κ2) is 8.70. The molecule has 4 aromatic rings. The Balaban J connectivity index is 1.53. The number of anilines is 3. The molecular weight excluding hydrogens is 546 g/mol. The highest BCUT2D eigenvalue weighted by atomic mass is 79.9. The Morgan fingerprint density at radius 1 is 0.529 bits per heavy atom. The number of fused-ring (bicyclic) bond motifs is 1. The van der Waals surface area contributed by atoms with Crippen molar-refractivity contribution in [2.24, 2.45) is 0 Å². The fourth-order valence-electron chi connectivity index (χ4n) is 5.60. The molecule has 1 aliphatic carbocycles. The molecule has 1 nitrogen and oxygen atoms in total. The SMILES string of the molecule is CC1(C)CC(C)(C)c2cc(-c3ccc(N(c4ccc(Br)cc4)c4ccc(Br)cc4)cc3)ccc21. The maximum atomic E-state index is 3.56. The third-order valence-electron chi connectivity index (χ3n) is 6.99. The van der Waals surface area contributed by atoms with Crippen LogP contribution in [-0.2, 0) is 10.8 Å². The quantitative estimate of drug-likeness (QED) is 0.234. The third-order valence-corrected chi connectivity index (χ3v) is 8.05. The summed E-state index contributed by atoms with van der Waals surface area (Å²) >= 11 is 7.13. The Morgan fingerprint density at radius 3 is 1.44 bits per heavy atom. The molecule has 172 valence electrons. The van der Waals surface area contributed by atoms with Crippen LogP contribution in [0.2, 0.25) is 0 Å². The van der Waals surface area contributed by atoms with Gasteiger partial charge in [0, 0.05) is 26.0 Å². The van der Waals surface area contributed by atoms with Gasteiger partial charge in [0.15, 0.2) is 0 Å². The smallest absolute Gasteiger partial charge is 0.0462 e. The summed E-state index contributed by atoms with van der Waals surface area (Å²) in [5, 5.41) is 0. The minimum atomic E-state index is 0.203. The van der Waals surface area contributed by atoms with Gasteiger partial charge in [0.25, 0.3) is 0 Å². The van der Waals surface area contributed by atoms with Gasteiger partial charge in [-0.05, 0) is 100 Å². The average Bonchev–Trinajstić information content (AvgIpc) is 3.00. The number of nitrogens with zero attached hydrogens (tertiary/aromatic N) is 1. The van der Waals surface area contributed by atoms with Gasteiger partial charge in [0.05, 0.1) is 0 Å². The van der Waals surface area contributed by atoms with E-state index >= 15 is 0 Å². The number of benzene rings is 4. The van der Waals surface area contributed by atoms with Gasteiger partial charge in [-0.1, -0.05) is 89.9 Å². The van der Waals surface area contributed by atoms with Crippen LogP contribution in [0.5, 0.6) is 0 Å². The van der Waals surface area contributed by atoms with Crippen molar-refractivity contribution in [2.75, 3.05) is 4.90 Å². The van der Waals surface area contributed by atoms with Crippen LogP contribution in [0.4, 0.5) is 17.1 Å². The van der Waals surface area contributed by atoms with E-state index in [2.05, 4.69) is 155 Å². The lowest BCUT2D eigenvalue weighted by Gasteiger charge is -2.26. The fourth-order valence-corrected chi connectivity index (χ4v) is 6.13. The molecule has 0 heterocycles. The number of halogens is 2. The second-order valence-corrected chi connectivity index (χ2v) is 12.4. The molecule has 0 amide bonds. The van der Waals surface area contributed by atoms with Crippen molar-refractivity contribution in [3.05, 3.63) is 111 Å². The summed E-state index contributed by atoms with van der Waals surface area (Å²) in [5.74, 6) is 0. The first-order chi connectivity index (χ1) is 16.1. The number of hydrogen-bond donors (Lipinski definition) is 0. The van der Waals surface area contributed by atoms with Crippen LogP contribution in [0, 0.1) is 0 Å². The normalized spacial score (nSPS) is 15.7. The van der Waals surface area contributed by atoms with Crippen molar-refractivity contribution >= 4 is 48.9 Å². The van der Waals surface area contributed by atoms with Gasteiger partial charge in [-0.3, -0.25) is 0 Å². The summed E-state index contributed by atoms with van der Waals surface area (Å²) in [6.45, 7) is 9.49. The van der Waals surface area contributed by atoms with Gasteiger partial charge >= 0.3 is 0 Å². The van der Waals surface area contributed by atoms with E-state index in [0.29, 0.717) is 0 Å². The van der Waals surface area contributed by atoms with E-state index in [1.807, 2.05) is 0 Å². The highest BCUT2D eigenvalue weighted by Gasteiger charge is 2.41. The molecule has 5 rings (SSSR count). The average molecular weight is 575 g/mol. The standard InChI is InChI=1S/C31H29Br2N/c1-30(2)20-31(3,4)29-19-22(7-18-28(29)30)21-5-12-25(13-6-21)34(26-14-8-23(32)9-15-26)27-16-10-24(33)11-17-27/h5-19H,20H2,1-4H3. The number of hydrogen-bond acceptors (Lipinski definition) is 1. The predicted octanol–water partition coefficient (Wildman–Crippen LogP) is 10.3. The molecule has 34 heavy (non-hydrogen) atoms. The molecule has 0 radical (unpaired) electrons. The van der Waals surface area contributed by atoms with Gasteiger partial charge in [-0.25, -0.2) is 0 Å². The van der Waals surface area contributed by atoms with E-state index in [-0.39, 0.29) is 10.8 Å². The van der Waals surface area contributed by atoms with Crippen molar-refractivity contribution in [2.45, 2.75) is 44.9 Å². The Kier molecular flexibility index (Phi) is 5.98. The summed E-state index contributed by atoms with van der Waals surface area (Å²) in [7, 11) is 0. The molecule has 0 aromatic heterocycles. The van der Waals surface area contributed by atoms with E-state index < -0.39 is 0 Å². The lowest BCUT2D eigenvalue weighted by Crippen LogP contribution is -2.17. The monoisotopic (exact) mass is 573 g/mol. The highest BCUT2D eigenvalue weighted by molar-refractivity contribution is 9.10. The summed E-state index contributed by atoms with van der Waals surface area (Å²) in [4.78, 5) is 2.29. The summed E-state index contributed by atoms with van der Waals surface area (Å²) in [6.07, 6.45) is 1.19. The minimum Gasteiger partial charge on any atom is -0.311 e. The van der Waals surface area contributed by atoms with Crippen LogP contribution in [-0.4, -0.2) is 0 Å². The van der Waals surface area contributed by atoms with E-state index in [9.17, 15) is 0 Å². The van der Waals surface area contributed by atoms with E-state index in [1.54, 1.807) is 0 Å². The van der Waals surface area contributed by atoms with Gasteiger partial charge < -0.3 is 4.90 Å². The van der Waals surface area contributed by atoms with Crippen molar-refractivity contribution < 1.29 is 0 Å². The second-order valence-electron chi connectivity index (χ2n) is 10.5. The van der Waals surface area contributed by atoms with Crippen molar-refractivity contribution in [1.82, 2.24) is 0 Å². The Labute approximate surface area is 220 Å². The summed E-state index contributed by atoms with van der Waals surface area (Å²) in [6, 6.07) is 32.9. The molecule has 0 saturated carbocycles. The first kappa shape index (κ1) is 23.4. The minimum absolute atomic E-state index is 0.203. The van der Waals surface area contributed by atoms with Crippen LogP contribution in [0.25, 0.3) is 11.1 Å². The van der Waals surface area contributed by atoms with Crippen LogP contribution >= 0.6 is 31.9 Å². The van der Waals surface area contributed by atoms with Crippen LogP contribution in [0.3, 0.4) is 0 Å². The molecule has 3 heteroatoms. The third kappa shape index (κ3) is 4.36. The Hall–Kier alpha value is -2.36. The van der Waals surface area contributed by atoms with Crippen LogP contribution in [0.1, 0.15) is 45.2 Å². The highest BCUT2D eigenvalue weighted by Crippen LogP contribution is 2.50. The first-order valence-corrected chi connectivity index (χ1v) is 13.3. The maximum Gasteiger partial charge on any atom is 0.0462 e. The Bertz CT molecular complexity index is 1270. The molecule has 0 saturated heterocycles. The van der Waals surface area contributed by atoms with Crippen LogP contribution < -0.4 is 4.90 Å². The van der Waals surface area contributed by atoms with Gasteiger partial charge in [-0.2, -0.15) is 0 Å². The molecule has 1 aliphatic rings. The maximum absolute atomic E-state index is 3.56. The summed E-state index contributed by atoms with van der Waals surface area (Å²) in [5.41, 5.74) is 9.34. The van der Waals surface area contributed by atoms with E-state index in [4.69, 9.17) is 0 Å². The van der Waals surface area contributed by atoms with Crippen molar-refractivity contribution in [3.8, 4) is 11.1 Å². The number of rotatable bonds is 4. The molecule has 0 unspecified atom stereocenters. The lowest BCUT2D eigenvalue weighted by atomic mass is 9.82. The summed E-state index contributed by atoms with van der Waals surface area (Å²) < 4.78 is 2.15. The van der Waals surface area contributed by atoms with E-state index in [0.717, 1.165) is 26.0 Å². The zero-order valence-corrected chi connectivity index (χ0v) is 23.2. The van der Waals surface area contributed by atoms with Gasteiger partial charge in [-0.15, -0.1) is 0 Å². The van der Waals surface area contributed by atoms with Gasteiger partial charge in [0.2, 0.25) is 0 Å². The largest absolute Gasteiger partial charge is 0.311 e. The molecule has 0 aliphatic heterocycles. The zero-order valence-electron chi connectivity index (χ0n) is 20.1. The van der Waals surface area contributed by atoms with Crippen molar-refractivity contribution in [3.63, 3.8) is 0 Å². The zero-order chi connectivity index (χ0) is 24.1. The lowest BCUT2D eigenvalue weighted by molar-refractivity contribution is 0.403. The molecule has 4 aromatic carbocycles. The van der Waals surface area contributed by atoms with Gasteiger partial charge in [0.1, 0.15) is 0 Å². The fraction of sp³-hybridized carbons (Fsp3) is 0.226. The molecule has 0 fully saturated rings.